The van der Waals surface area contributed by atoms with Gasteiger partial charge >= 0.3 is 5.97 Å². The van der Waals surface area contributed by atoms with E-state index in [-0.39, 0.29) is 17.0 Å². The van der Waals surface area contributed by atoms with E-state index in [4.69, 9.17) is 4.74 Å². The summed E-state index contributed by atoms with van der Waals surface area (Å²) in [5, 5.41) is 12.7. The van der Waals surface area contributed by atoms with Crippen molar-refractivity contribution in [2.75, 3.05) is 0 Å². The van der Waals surface area contributed by atoms with E-state index in [2.05, 4.69) is 31.2 Å². The first-order valence-electron chi connectivity index (χ1n) is 10.8. The highest BCUT2D eigenvalue weighted by Crippen LogP contribution is 2.68. The number of fused-ring (bicyclic) bond motifs is 6. The molecule has 4 nitrogen and oxygen atoms in total. The molecule has 3 unspecified atom stereocenters. The number of hydrogen-bond donors (Lipinski definition) is 1. The number of esters is 1. The minimum atomic E-state index is -0.350. The average Bonchev–Trinajstić information content (AvgIpc) is 3.21. The lowest BCUT2D eigenvalue weighted by Crippen LogP contribution is -2.54. The number of rotatable bonds is 1. The molecule has 0 saturated heterocycles. The number of oxime groups is 1. The van der Waals surface area contributed by atoms with Crippen molar-refractivity contribution in [1.82, 2.24) is 0 Å². The van der Waals surface area contributed by atoms with Crippen LogP contribution in [0.3, 0.4) is 0 Å². The van der Waals surface area contributed by atoms with Crippen LogP contribution in [-0.4, -0.2) is 22.5 Å². The van der Waals surface area contributed by atoms with E-state index in [0.29, 0.717) is 17.8 Å². The van der Waals surface area contributed by atoms with E-state index in [9.17, 15) is 10.0 Å². The smallest absolute Gasteiger partial charge is 0.331 e. The second-order valence-electron chi connectivity index (χ2n) is 9.81. The number of carbonyl (C=O) groups excluding carboxylic acids is 1. The van der Waals surface area contributed by atoms with Crippen LogP contribution >= 0.6 is 0 Å². The molecule has 4 aliphatic carbocycles. The molecule has 1 heterocycles. The van der Waals surface area contributed by atoms with Crippen LogP contribution in [0.15, 0.2) is 29.0 Å². The van der Waals surface area contributed by atoms with Crippen LogP contribution < -0.4 is 0 Å². The van der Waals surface area contributed by atoms with Gasteiger partial charge in [-0.15, -0.1) is 0 Å². The summed E-state index contributed by atoms with van der Waals surface area (Å²) in [5.74, 6) is 3.32. The maximum atomic E-state index is 11.9. The van der Waals surface area contributed by atoms with Crippen LogP contribution in [0.2, 0.25) is 0 Å². The predicted molar refractivity (Wildman–Crippen MR) is 103 cm³/mol. The Bertz CT molecular complexity index is 753. The van der Waals surface area contributed by atoms with Gasteiger partial charge in [0.25, 0.3) is 0 Å². The Balaban J connectivity index is 1.51. The van der Waals surface area contributed by atoms with Crippen LogP contribution in [0.1, 0.15) is 65.2 Å². The first kappa shape index (κ1) is 17.5. The van der Waals surface area contributed by atoms with Gasteiger partial charge in [-0.1, -0.05) is 31.0 Å². The third-order valence-electron chi connectivity index (χ3n) is 9.09. The fourth-order valence-corrected chi connectivity index (χ4v) is 7.81. The molecule has 0 aromatic rings. The zero-order valence-corrected chi connectivity index (χ0v) is 16.5. The van der Waals surface area contributed by atoms with Crippen molar-refractivity contribution in [2.24, 2.45) is 40.2 Å². The van der Waals surface area contributed by atoms with Gasteiger partial charge in [-0.2, -0.15) is 0 Å². The van der Waals surface area contributed by atoms with Crippen LogP contribution in [-0.2, 0) is 9.53 Å². The quantitative estimate of drug-likeness (QED) is 0.407. The van der Waals surface area contributed by atoms with Crippen molar-refractivity contribution in [3.05, 3.63) is 23.8 Å². The molecule has 3 saturated carbocycles. The van der Waals surface area contributed by atoms with E-state index in [1.807, 2.05) is 0 Å². The van der Waals surface area contributed by atoms with Crippen molar-refractivity contribution in [3.8, 4) is 0 Å². The Hall–Kier alpha value is -1.58. The average molecular weight is 370 g/mol. The zero-order chi connectivity index (χ0) is 18.8. The summed E-state index contributed by atoms with van der Waals surface area (Å²) in [6.45, 7) is 4.73. The second-order valence-corrected chi connectivity index (χ2v) is 9.81. The summed E-state index contributed by atoms with van der Waals surface area (Å²) >= 11 is 0. The summed E-state index contributed by atoms with van der Waals surface area (Å²) in [5.41, 5.74) is 2.12. The number of nitrogens with zero attached hydrogens (tertiary/aromatic N) is 1. The third-order valence-corrected chi connectivity index (χ3v) is 9.09. The SMILES string of the molecule is CC[C@@H]1CC2=C/C(=N/O)CC[C@@H]2C2CC[C@@]3(C)C(CC[C@@]34C=CC(=O)O4)C21. The molecule has 1 N–H and O–H groups in total. The topological polar surface area (TPSA) is 58.9 Å². The zero-order valence-electron chi connectivity index (χ0n) is 16.5. The molecule has 4 heteroatoms. The Morgan fingerprint density at radius 2 is 2.15 bits per heavy atom. The van der Waals surface area contributed by atoms with Gasteiger partial charge in [0.05, 0.1) is 5.71 Å². The maximum absolute atomic E-state index is 11.9. The first-order valence-corrected chi connectivity index (χ1v) is 10.8. The van der Waals surface area contributed by atoms with Gasteiger partial charge in [0.2, 0.25) is 0 Å². The fourth-order valence-electron chi connectivity index (χ4n) is 7.81. The standard InChI is InChI=1S/C23H31NO3/c1-3-14-12-15-13-16(24-26)4-5-17(15)18-6-9-22(2)19(21(14)18)7-10-23(22)11-8-20(25)27-23/h8,11,13-14,17-19,21,26H,3-7,9-10,12H2,1-2H3/b24-16+/t14-,17+,18?,19?,21?,22+,23-/m1/s1. The molecule has 3 fully saturated rings. The molecule has 0 aromatic heterocycles. The van der Waals surface area contributed by atoms with E-state index in [1.165, 1.54) is 24.8 Å². The molecule has 5 aliphatic rings. The molecule has 0 aromatic carbocycles. The minimum absolute atomic E-state index is 0.0812. The number of ether oxygens (including phenoxy) is 1. The van der Waals surface area contributed by atoms with Crippen molar-refractivity contribution in [2.45, 2.75) is 70.8 Å². The lowest BCUT2D eigenvalue weighted by molar-refractivity contribution is -0.163. The molecule has 7 atom stereocenters. The van der Waals surface area contributed by atoms with Gasteiger partial charge in [0, 0.05) is 11.5 Å². The highest BCUT2D eigenvalue weighted by Gasteiger charge is 2.65. The summed E-state index contributed by atoms with van der Waals surface area (Å²) in [6, 6.07) is 0. The van der Waals surface area contributed by atoms with Gasteiger partial charge in [-0.25, -0.2) is 4.79 Å². The Morgan fingerprint density at radius 3 is 2.85 bits per heavy atom. The number of carbonyl (C=O) groups is 1. The number of hydrogen-bond acceptors (Lipinski definition) is 4. The van der Waals surface area contributed by atoms with Gasteiger partial charge in [0.1, 0.15) is 5.60 Å². The highest BCUT2D eigenvalue weighted by atomic mass is 16.6. The fraction of sp³-hybridized carbons (Fsp3) is 0.739. The molecule has 0 radical (unpaired) electrons. The van der Waals surface area contributed by atoms with E-state index >= 15 is 0 Å². The summed E-state index contributed by atoms with van der Waals surface area (Å²) in [6.07, 6.45) is 14.9. The van der Waals surface area contributed by atoms with Gasteiger partial charge < -0.3 is 9.94 Å². The van der Waals surface area contributed by atoms with Crippen molar-refractivity contribution < 1.29 is 14.7 Å². The molecule has 0 bridgehead atoms. The van der Waals surface area contributed by atoms with Crippen LogP contribution in [0.4, 0.5) is 0 Å². The van der Waals surface area contributed by atoms with Crippen molar-refractivity contribution >= 4 is 11.7 Å². The van der Waals surface area contributed by atoms with E-state index in [1.54, 1.807) is 6.08 Å². The van der Waals surface area contributed by atoms with Crippen LogP contribution in [0.25, 0.3) is 0 Å². The monoisotopic (exact) mass is 369 g/mol. The third kappa shape index (κ3) is 2.28. The maximum Gasteiger partial charge on any atom is 0.331 e. The largest absolute Gasteiger partial charge is 0.451 e. The summed E-state index contributed by atoms with van der Waals surface area (Å²) < 4.78 is 5.96. The van der Waals surface area contributed by atoms with Crippen molar-refractivity contribution in [1.29, 1.82) is 0 Å². The van der Waals surface area contributed by atoms with Crippen molar-refractivity contribution in [3.63, 3.8) is 0 Å². The molecule has 27 heavy (non-hydrogen) atoms. The second kappa shape index (κ2) is 5.96. The first-order chi connectivity index (χ1) is 13.0. The number of allylic oxidation sites excluding steroid dienone is 2. The molecular weight excluding hydrogens is 338 g/mol. The van der Waals surface area contributed by atoms with Gasteiger partial charge in [0.15, 0.2) is 0 Å². The van der Waals surface area contributed by atoms with E-state index < -0.39 is 0 Å². The predicted octanol–water partition coefficient (Wildman–Crippen LogP) is 4.88. The highest BCUT2D eigenvalue weighted by molar-refractivity contribution is 5.96. The lowest BCUT2D eigenvalue weighted by Gasteiger charge is -2.57. The molecule has 0 amide bonds. The molecule has 5 rings (SSSR count). The Kier molecular flexibility index (Phi) is 3.86. The van der Waals surface area contributed by atoms with Gasteiger partial charge in [-0.05, 0) is 86.7 Å². The Morgan fingerprint density at radius 1 is 1.30 bits per heavy atom. The molecule has 1 aliphatic heterocycles. The van der Waals surface area contributed by atoms with Crippen LogP contribution in [0, 0.1) is 35.0 Å². The molecule has 146 valence electrons. The molecule has 1 spiro atoms. The summed E-state index contributed by atoms with van der Waals surface area (Å²) in [4.78, 5) is 11.9. The minimum Gasteiger partial charge on any atom is -0.451 e. The lowest BCUT2D eigenvalue weighted by atomic mass is 9.48. The normalized spacial score (nSPS) is 49.6. The Labute approximate surface area is 161 Å². The van der Waals surface area contributed by atoms with Gasteiger partial charge in [-0.3, -0.25) is 0 Å². The van der Waals surface area contributed by atoms with E-state index in [0.717, 1.165) is 49.7 Å². The molecular formula is C23H31NO3. The van der Waals surface area contributed by atoms with Crippen LogP contribution in [0.5, 0.6) is 0 Å². The summed E-state index contributed by atoms with van der Waals surface area (Å²) in [7, 11) is 0.